The summed E-state index contributed by atoms with van der Waals surface area (Å²) < 4.78 is 24.2. The van der Waals surface area contributed by atoms with Gasteiger partial charge < -0.3 is 10.3 Å². The molecule has 0 aromatic carbocycles. The van der Waals surface area contributed by atoms with Crippen LogP contribution in [0, 0.1) is 0 Å². The maximum absolute atomic E-state index is 11.8. The number of anilines is 1. The van der Waals surface area contributed by atoms with Gasteiger partial charge in [0.05, 0.1) is 5.69 Å². The quantitative estimate of drug-likeness (QED) is 0.782. The molecule has 0 aliphatic heterocycles. The van der Waals surface area contributed by atoms with E-state index in [-0.39, 0.29) is 16.6 Å². The van der Waals surface area contributed by atoms with E-state index in [1.807, 2.05) is 0 Å². The van der Waals surface area contributed by atoms with Gasteiger partial charge in [-0.3, -0.25) is 4.79 Å². The third-order valence-corrected chi connectivity index (χ3v) is 3.57. The molecule has 0 radical (unpaired) electrons. The van der Waals surface area contributed by atoms with Gasteiger partial charge in [-0.2, -0.15) is 0 Å². The van der Waals surface area contributed by atoms with Gasteiger partial charge in [0.2, 0.25) is 0 Å². The SMILES string of the molecule is CS(=O)(=O)c1c(N)ccn(C2CC2)c1=O. The van der Waals surface area contributed by atoms with Gasteiger partial charge >= 0.3 is 0 Å². The summed E-state index contributed by atoms with van der Waals surface area (Å²) in [6.07, 6.45) is 4.40. The topological polar surface area (TPSA) is 82.2 Å². The van der Waals surface area contributed by atoms with E-state index in [1.54, 1.807) is 6.20 Å². The standard InChI is InChI=1S/C9H12N2O3S/c1-15(13,14)8-7(10)4-5-11(9(8)12)6-2-3-6/h4-6H,2-3,10H2,1H3. The predicted molar refractivity (Wildman–Crippen MR) is 56.5 cm³/mol. The van der Waals surface area contributed by atoms with Gasteiger partial charge in [0, 0.05) is 18.5 Å². The first-order chi connectivity index (χ1) is 6.91. The van der Waals surface area contributed by atoms with E-state index in [2.05, 4.69) is 0 Å². The molecule has 1 aromatic heterocycles. The van der Waals surface area contributed by atoms with Gasteiger partial charge in [-0.05, 0) is 18.9 Å². The van der Waals surface area contributed by atoms with Crippen LogP contribution in [0.3, 0.4) is 0 Å². The van der Waals surface area contributed by atoms with E-state index in [4.69, 9.17) is 5.73 Å². The number of hydrogen-bond donors (Lipinski definition) is 1. The second kappa shape index (κ2) is 3.10. The minimum Gasteiger partial charge on any atom is -0.397 e. The van der Waals surface area contributed by atoms with Crippen LogP contribution in [0.4, 0.5) is 5.69 Å². The first kappa shape index (κ1) is 10.2. The van der Waals surface area contributed by atoms with Crippen LogP contribution < -0.4 is 11.3 Å². The van der Waals surface area contributed by atoms with Crippen LogP contribution in [0.5, 0.6) is 0 Å². The predicted octanol–water partition coefficient (Wildman–Crippen LogP) is 0.169. The summed E-state index contributed by atoms with van der Waals surface area (Å²) in [7, 11) is -3.55. The first-order valence-electron chi connectivity index (χ1n) is 4.62. The number of nitrogens with two attached hydrogens (primary N) is 1. The summed E-state index contributed by atoms with van der Waals surface area (Å²) in [5.41, 5.74) is 5.03. The minimum absolute atomic E-state index is 0.0272. The second-order valence-corrected chi connectivity index (χ2v) is 5.77. The summed E-state index contributed by atoms with van der Waals surface area (Å²) >= 11 is 0. The molecule has 1 aliphatic rings. The molecule has 82 valence electrons. The van der Waals surface area contributed by atoms with E-state index in [0.717, 1.165) is 19.1 Å². The summed E-state index contributed by atoms with van der Waals surface area (Å²) in [6.45, 7) is 0. The van der Waals surface area contributed by atoms with Crippen molar-refractivity contribution < 1.29 is 8.42 Å². The van der Waals surface area contributed by atoms with Crippen molar-refractivity contribution in [2.75, 3.05) is 12.0 Å². The molecule has 2 N–H and O–H groups in total. The normalized spacial score (nSPS) is 16.6. The van der Waals surface area contributed by atoms with Crippen LogP contribution in [-0.4, -0.2) is 19.2 Å². The Morgan fingerprint density at radius 2 is 2.07 bits per heavy atom. The summed E-state index contributed by atoms with van der Waals surface area (Å²) in [5.74, 6) is 0. The molecule has 5 nitrogen and oxygen atoms in total. The Labute approximate surface area is 87.4 Å². The number of sulfone groups is 1. The van der Waals surface area contributed by atoms with Crippen molar-refractivity contribution in [3.05, 3.63) is 22.6 Å². The van der Waals surface area contributed by atoms with Crippen LogP contribution in [0.1, 0.15) is 18.9 Å². The van der Waals surface area contributed by atoms with Gasteiger partial charge in [0.25, 0.3) is 5.56 Å². The van der Waals surface area contributed by atoms with Crippen LogP contribution in [0.2, 0.25) is 0 Å². The monoisotopic (exact) mass is 228 g/mol. The maximum Gasteiger partial charge on any atom is 0.271 e. The Balaban J connectivity index is 2.72. The summed E-state index contributed by atoms with van der Waals surface area (Å²) in [5, 5.41) is 0. The van der Waals surface area contributed by atoms with Crippen LogP contribution >= 0.6 is 0 Å². The van der Waals surface area contributed by atoms with E-state index in [0.29, 0.717) is 0 Å². The molecule has 0 unspecified atom stereocenters. The van der Waals surface area contributed by atoms with Gasteiger partial charge in [0.1, 0.15) is 0 Å². The van der Waals surface area contributed by atoms with Crippen molar-refractivity contribution in [1.82, 2.24) is 4.57 Å². The molecule has 1 fully saturated rings. The average molecular weight is 228 g/mol. The van der Waals surface area contributed by atoms with Crippen molar-refractivity contribution in [2.45, 2.75) is 23.8 Å². The lowest BCUT2D eigenvalue weighted by molar-refractivity contribution is 0.597. The molecule has 0 saturated heterocycles. The fourth-order valence-corrected chi connectivity index (χ4v) is 2.48. The zero-order valence-electron chi connectivity index (χ0n) is 8.30. The van der Waals surface area contributed by atoms with E-state index in [1.165, 1.54) is 10.6 Å². The molecular formula is C9H12N2O3S. The number of pyridine rings is 1. The highest BCUT2D eigenvalue weighted by Crippen LogP contribution is 2.33. The van der Waals surface area contributed by atoms with Gasteiger partial charge in [-0.1, -0.05) is 0 Å². The largest absolute Gasteiger partial charge is 0.397 e. The van der Waals surface area contributed by atoms with Crippen LogP contribution in [0.15, 0.2) is 22.0 Å². The number of rotatable bonds is 2. The van der Waals surface area contributed by atoms with Crippen molar-refractivity contribution >= 4 is 15.5 Å². The first-order valence-corrected chi connectivity index (χ1v) is 6.51. The molecule has 6 heteroatoms. The highest BCUT2D eigenvalue weighted by atomic mass is 32.2. The molecule has 1 aromatic rings. The molecule has 0 spiro atoms. The lowest BCUT2D eigenvalue weighted by Gasteiger charge is -2.07. The van der Waals surface area contributed by atoms with Gasteiger partial charge in [-0.25, -0.2) is 8.42 Å². The molecule has 1 saturated carbocycles. The fraction of sp³-hybridized carbons (Fsp3) is 0.444. The molecular weight excluding hydrogens is 216 g/mol. The highest BCUT2D eigenvalue weighted by molar-refractivity contribution is 7.90. The van der Waals surface area contributed by atoms with E-state index < -0.39 is 15.4 Å². The molecule has 0 amide bonds. The van der Waals surface area contributed by atoms with E-state index >= 15 is 0 Å². The molecule has 0 atom stereocenters. The molecule has 1 heterocycles. The zero-order chi connectivity index (χ0) is 11.2. The lowest BCUT2D eigenvalue weighted by Crippen LogP contribution is -2.26. The highest BCUT2D eigenvalue weighted by Gasteiger charge is 2.27. The third-order valence-electron chi connectivity index (χ3n) is 2.42. The van der Waals surface area contributed by atoms with Gasteiger partial charge in [0.15, 0.2) is 14.7 Å². The van der Waals surface area contributed by atoms with Crippen molar-refractivity contribution in [1.29, 1.82) is 0 Å². The molecule has 2 rings (SSSR count). The second-order valence-electron chi connectivity index (χ2n) is 3.82. The maximum atomic E-state index is 11.8. The van der Waals surface area contributed by atoms with Crippen molar-refractivity contribution in [3.8, 4) is 0 Å². The Kier molecular flexibility index (Phi) is 2.11. The molecule has 15 heavy (non-hydrogen) atoms. The van der Waals surface area contributed by atoms with Crippen LogP contribution in [0.25, 0.3) is 0 Å². The number of nitrogen functional groups attached to an aromatic ring is 1. The summed E-state index contributed by atoms with van der Waals surface area (Å²) in [4.78, 5) is 11.5. The number of hydrogen-bond acceptors (Lipinski definition) is 4. The third kappa shape index (κ3) is 1.77. The van der Waals surface area contributed by atoms with Crippen molar-refractivity contribution in [2.24, 2.45) is 0 Å². The Morgan fingerprint density at radius 3 is 2.53 bits per heavy atom. The smallest absolute Gasteiger partial charge is 0.271 e. The Morgan fingerprint density at radius 1 is 1.47 bits per heavy atom. The molecule has 1 aliphatic carbocycles. The van der Waals surface area contributed by atoms with Crippen LogP contribution in [-0.2, 0) is 9.84 Å². The number of nitrogens with zero attached hydrogens (tertiary/aromatic N) is 1. The lowest BCUT2D eigenvalue weighted by atomic mass is 10.4. The van der Waals surface area contributed by atoms with E-state index in [9.17, 15) is 13.2 Å². The van der Waals surface area contributed by atoms with Gasteiger partial charge in [-0.15, -0.1) is 0 Å². The zero-order valence-corrected chi connectivity index (χ0v) is 9.12. The fourth-order valence-electron chi connectivity index (χ4n) is 1.56. The Hall–Kier alpha value is -1.30. The summed E-state index contributed by atoms with van der Waals surface area (Å²) in [6, 6.07) is 1.62. The minimum atomic E-state index is -3.55. The van der Waals surface area contributed by atoms with Crippen molar-refractivity contribution in [3.63, 3.8) is 0 Å². The average Bonchev–Trinajstić information content (AvgIpc) is 2.84. The number of aromatic nitrogens is 1. The molecule has 0 bridgehead atoms. The Bertz CT molecular complexity index is 555.